The first-order chi connectivity index (χ1) is 7.00. The van der Waals surface area contributed by atoms with E-state index >= 15 is 0 Å². The minimum absolute atomic E-state index is 0.193. The summed E-state index contributed by atoms with van der Waals surface area (Å²) in [7, 11) is 0. The summed E-state index contributed by atoms with van der Waals surface area (Å²) in [6.07, 6.45) is 0. The van der Waals surface area contributed by atoms with Crippen LogP contribution in [0.25, 0.3) is 0 Å². The lowest BCUT2D eigenvalue weighted by atomic mass is 10.2. The Labute approximate surface area is 98.5 Å². The standard InChI is InChI=1S/C10H12Cl2N2O/c1-6(13)10(15)14-5-7-2-3-8(11)9(12)4-7/h2-4,6H,5,13H2,1H3,(H,14,15)/t6-/m0/s1. The smallest absolute Gasteiger partial charge is 0.236 e. The Balaban J connectivity index is 2.58. The molecule has 1 atom stereocenters. The van der Waals surface area contributed by atoms with Crippen LogP contribution in [0.5, 0.6) is 0 Å². The van der Waals surface area contributed by atoms with E-state index in [2.05, 4.69) is 5.32 Å². The molecule has 5 heteroatoms. The molecule has 1 rings (SSSR count). The van der Waals surface area contributed by atoms with E-state index in [1.165, 1.54) is 0 Å². The first kappa shape index (κ1) is 12.3. The summed E-state index contributed by atoms with van der Waals surface area (Å²) < 4.78 is 0. The zero-order valence-corrected chi connectivity index (χ0v) is 9.77. The van der Waals surface area contributed by atoms with Gasteiger partial charge in [0.1, 0.15) is 0 Å². The second-order valence-corrected chi connectivity index (χ2v) is 4.07. The predicted octanol–water partition coefficient (Wildman–Crippen LogP) is 1.96. The van der Waals surface area contributed by atoms with Gasteiger partial charge in [-0.05, 0) is 24.6 Å². The van der Waals surface area contributed by atoms with Gasteiger partial charge in [0.15, 0.2) is 0 Å². The number of amides is 1. The van der Waals surface area contributed by atoms with E-state index in [4.69, 9.17) is 28.9 Å². The van der Waals surface area contributed by atoms with E-state index in [9.17, 15) is 4.79 Å². The number of benzene rings is 1. The second-order valence-electron chi connectivity index (χ2n) is 3.25. The molecule has 0 fully saturated rings. The summed E-state index contributed by atoms with van der Waals surface area (Å²) in [5.41, 5.74) is 6.28. The zero-order valence-electron chi connectivity index (χ0n) is 8.26. The third-order valence-electron chi connectivity index (χ3n) is 1.86. The van der Waals surface area contributed by atoms with E-state index in [0.717, 1.165) is 5.56 Å². The maximum atomic E-state index is 11.2. The Morgan fingerprint density at radius 2 is 2.13 bits per heavy atom. The van der Waals surface area contributed by atoms with Crippen molar-refractivity contribution in [3.05, 3.63) is 33.8 Å². The fraction of sp³-hybridized carbons (Fsp3) is 0.300. The largest absolute Gasteiger partial charge is 0.351 e. The van der Waals surface area contributed by atoms with Gasteiger partial charge in [-0.2, -0.15) is 0 Å². The summed E-state index contributed by atoms with van der Waals surface area (Å²) in [6, 6.07) is 4.70. The molecule has 0 aromatic heterocycles. The molecule has 3 nitrogen and oxygen atoms in total. The Bertz CT molecular complexity index is 366. The van der Waals surface area contributed by atoms with Gasteiger partial charge in [0.25, 0.3) is 0 Å². The van der Waals surface area contributed by atoms with Crippen molar-refractivity contribution in [2.45, 2.75) is 19.5 Å². The minimum Gasteiger partial charge on any atom is -0.351 e. The third-order valence-corrected chi connectivity index (χ3v) is 2.60. The molecule has 0 unspecified atom stereocenters. The number of hydrogen-bond donors (Lipinski definition) is 2. The van der Waals surface area contributed by atoms with Crippen LogP contribution in [0.15, 0.2) is 18.2 Å². The molecule has 1 aromatic rings. The highest BCUT2D eigenvalue weighted by molar-refractivity contribution is 6.42. The minimum atomic E-state index is -0.507. The normalized spacial score (nSPS) is 12.3. The fourth-order valence-electron chi connectivity index (χ4n) is 1.000. The quantitative estimate of drug-likeness (QED) is 0.857. The predicted molar refractivity (Wildman–Crippen MR) is 62.0 cm³/mol. The SMILES string of the molecule is C[C@H](N)C(=O)NCc1ccc(Cl)c(Cl)c1. The number of halogens is 2. The summed E-state index contributed by atoms with van der Waals surface area (Å²) >= 11 is 11.6. The molecule has 15 heavy (non-hydrogen) atoms. The van der Waals surface area contributed by atoms with E-state index in [1.54, 1.807) is 25.1 Å². The number of nitrogens with one attached hydrogen (secondary N) is 1. The van der Waals surface area contributed by atoms with Gasteiger partial charge in [0.2, 0.25) is 5.91 Å². The van der Waals surface area contributed by atoms with Crippen molar-refractivity contribution in [2.75, 3.05) is 0 Å². The highest BCUT2D eigenvalue weighted by Crippen LogP contribution is 2.22. The van der Waals surface area contributed by atoms with E-state index < -0.39 is 6.04 Å². The van der Waals surface area contributed by atoms with Gasteiger partial charge in [-0.25, -0.2) is 0 Å². The summed E-state index contributed by atoms with van der Waals surface area (Å²) in [5.74, 6) is -0.193. The first-order valence-corrected chi connectivity index (χ1v) is 5.23. The number of rotatable bonds is 3. The molecule has 1 aromatic carbocycles. The van der Waals surface area contributed by atoms with Crippen LogP contribution in [0.1, 0.15) is 12.5 Å². The summed E-state index contributed by atoms with van der Waals surface area (Å²) in [6.45, 7) is 2.03. The third kappa shape index (κ3) is 3.70. The van der Waals surface area contributed by atoms with Crippen molar-refractivity contribution in [2.24, 2.45) is 5.73 Å². The van der Waals surface area contributed by atoms with Crippen LogP contribution >= 0.6 is 23.2 Å². The molecule has 0 heterocycles. The van der Waals surface area contributed by atoms with Crippen molar-refractivity contribution in [3.8, 4) is 0 Å². The molecule has 1 amide bonds. The Morgan fingerprint density at radius 3 is 2.67 bits per heavy atom. The molecule has 0 spiro atoms. The summed E-state index contributed by atoms with van der Waals surface area (Å²) in [5, 5.41) is 3.65. The van der Waals surface area contributed by atoms with Gasteiger partial charge in [0, 0.05) is 6.54 Å². The van der Waals surface area contributed by atoms with Gasteiger partial charge < -0.3 is 11.1 Å². The molecule has 0 bridgehead atoms. The van der Waals surface area contributed by atoms with Crippen molar-refractivity contribution in [3.63, 3.8) is 0 Å². The molecule has 82 valence electrons. The first-order valence-electron chi connectivity index (χ1n) is 4.48. The highest BCUT2D eigenvalue weighted by Gasteiger charge is 2.06. The van der Waals surface area contributed by atoms with Crippen LogP contribution in [0, 0.1) is 0 Å². The average Bonchev–Trinajstić information content (AvgIpc) is 2.19. The molecule has 0 aliphatic rings. The molecule has 0 saturated carbocycles. The van der Waals surface area contributed by atoms with Gasteiger partial charge in [0.05, 0.1) is 16.1 Å². The Kier molecular flexibility index (Phi) is 4.39. The molecule has 3 N–H and O–H groups in total. The Morgan fingerprint density at radius 1 is 1.47 bits per heavy atom. The fourth-order valence-corrected chi connectivity index (χ4v) is 1.32. The van der Waals surface area contributed by atoms with Gasteiger partial charge >= 0.3 is 0 Å². The summed E-state index contributed by atoms with van der Waals surface area (Å²) in [4.78, 5) is 11.2. The van der Waals surface area contributed by atoms with Crippen LogP contribution in [0.4, 0.5) is 0 Å². The number of carbonyl (C=O) groups excluding carboxylic acids is 1. The van der Waals surface area contributed by atoms with Crippen molar-refractivity contribution < 1.29 is 4.79 Å². The number of nitrogens with two attached hydrogens (primary N) is 1. The lowest BCUT2D eigenvalue weighted by Gasteiger charge is -2.08. The molecule has 0 aliphatic heterocycles. The lowest BCUT2D eigenvalue weighted by Crippen LogP contribution is -2.37. The van der Waals surface area contributed by atoms with Gasteiger partial charge in [-0.3, -0.25) is 4.79 Å². The van der Waals surface area contributed by atoms with Crippen LogP contribution in [0.2, 0.25) is 10.0 Å². The van der Waals surface area contributed by atoms with Crippen molar-refractivity contribution >= 4 is 29.1 Å². The van der Waals surface area contributed by atoms with Crippen LogP contribution in [-0.2, 0) is 11.3 Å². The maximum Gasteiger partial charge on any atom is 0.236 e. The van der Waals surface area contributed by atoms with E-state index in [1.807, 2.05) is 0 Å². The number of hydrogen-bond acceptors (Lipinski definition) is 2. The van der Waals surface area contributed by atoms with E-state index in [-0.39, 0.29) is 5.91 Å². The molecular weight excluding hydrogens is 235 g/mol. The highest BCUT2D eigenvalue weighted by atomic mass is 35.5. The molecule has 0 radical (unpaired) electrons. The average molecular weight is 247 g/mol. The Hall–Kier alpha value is -0.770. The number of carbonyl (C=O) groups is 1. The second kappa shape index (κ2) is 5.35. The van der Waals surface area contributed by atoms with Crippen molar-refractivity contribution in [1.29, 1.82) is 0 Å². The van der Waals surface area contributed by atoms with Gasteiger partial charge in [-0.15, -0.1) is 0 Å². The lowest BCUT2D eigenvalue weighted by molar-refractivity contribution is -0.122. The van der Waals surface area contributed by atoms with E-state index in [0.29, 0.717) is 16.6 Å². The monoisotopic (exact) mass is 246 g/mol. The van der Waals surface area contributed by atoms with Crippen LogP contribution in [0.3, 0.4) is 0 Å². The zero-order chi connectivity index (χ0) is 11.4. The van der Waals surface area contributed by atoms with Gasteiger partial charge in [-0.1, -0.05) is 29.3 Å². The maximum absolute atomic E-state index is 11.2. The molecule has 0 aliphatic carbocycles. The van der Waals surface area contributed by atoms with Crippen LogP contribution < -0.4 is 11.1 Å². The molecular formula is C10H12Cl2N2O. The van der Waals surface area contributed by atoms with Crippen molar-refractivity contribution in [1.82, 2.24) is 5.32 Å². The topological polar surface area (TPSA) is 55.1 Å². The van der Waals surface area contributed by atoms with Crippen LogP contribution in [-0.4, -0.2) is 11.9 Å². The molecule has 0 saturated heterocycles.